The first-order chi connectivity index (χ1) is 6.86. The van der Waals surface area contributed by atoms with Gasteiger partial charge in [0, 0.05) is 6.04 Å². The zero-order valence-corrected chi connectivity index (χ0v) is 10.1. The second-order valence-electron chi connectivity index (χ2n) is 4.14. The summed E-state index contributed by atoms with van der Waals surface area (Å²) >= 11 is 2.11. The molecular formula is C12H23NS. The molecule has 0 aromatic rings. The highest BCUT2D eigenvalue weighted by atomic mass is 32.2. The average molecular weight is 213 g/mol. The van der Waals surface area contributed by atoms with Crippen LogP contribution in [0.5, 0.6) is 0 Å². The Balaban J connectivity index is 2.19. The number of hydrogen-bond donors (Lipinski definition) is 1. The molecule has 0 saturated carbocycles. The normalized spacial score (nSPS) is 20.6. The van der Waals surface area contributed by atoms with Gasteiger partial charge in [0.25, 0.3) is 0 Å². The van der Waals surface area contributed by atoms with Gasteiger partial charge in [0.15, 0.2) is 0 Å². The molecule has 0 bridgehead atoms. The van der Waals surface area contributed by atoms with Gasteiger partial charge in [-0.2, -0.15) is 11.8 Å². The van der Waals surface area contributed by atoms with E-state index in [1.807, 2.05) is 6.08 Å². The molecule has 1 aliphatic rings. The fraction of sp³-hybridized carbons (Fsp3) is 0.833. The zero-order valence-electron chi connectivity index (χ0n) is 9.30. The summed E-state index contributed by atoms with van der Waals surface area (Å²) < 4.78 is 0. The van der Waals surface area contributed by atoms with Crippen molar-refractivity contribution >= 4 is 11.8 Å². The lowest BCUT2D eigenvalue weighted by molar-refractivity contribution is 0.366. The van der Waals surface area contributed by atoms with Gasteiger partial charge in [0.2, 0.25) is 0 Å². The largest absolute Gasteiger partial charge is 0.317 e. The van der Waals surface area contributed by atoms with Crippen LogP contribution in [0.3, 0.4) is 0 Å². The summed E-state index contributed by atoms with van der Waals surface area (Å²) in [7, 11) is 2.09. The van der Waals surface area contributed by atoms with E-state index in [0.717, 1.165) is 12.3 Å². The highest BCUT2D eigenvalue weighted by Gasteiger charge is 2.17. The minimum atomic E-state index is 0.709. The molecule has 0 aliphatic carbocycles. The van der Waals surface area contributed by atoms with Crippen molar-refractivity contribution in [3.05, 3.63) is 12.7 Å². The van der Waals surface area contributed by atoms with Gasteiger partial charge >= 0.3 is 0 Å². The van der Waals surface area contributed by atoms with E-state index < -0.39 is 0 Å². The lowest BCUT2D eigenvalue weighted by atomic mass is 9.92. The number of rotatable bonds is 6. The SMILES string of the molecule is C=CCCC(CC1CCSCC1)NC. The Hall–Kier alpha value is 0.0500. The Bertz CT molecular complexity index is 152. The Morgan fingerprint density at radius 1 is 1.50 bits per heavy atom. The van der Waals surface area contributed by atoms with Crippen LogP contribution in [0, 0.1) is 5.92 Å². The first kappa shape index (κ1) is 12.1. The molecule has 1 nitrogen and oxygen atoms in total. The number of nitrogens with one attached hydrogen (secondary N) is 1. The Morgan fingerprint density at radius 2 is 2.21 bits per heavy atom. The molecule has 14 heavy (non-hydrogen) atoms. The first-order valence-corrected chi connectivity index (χ1v) is 6.88. The third-order valence-corrected chi connectivity index (χ3v) is 4.13. The molecular weight excluding hydrogens is 190 g/mol. The van der Waals surface area contributed by atoms with E-state index in [9.17, 15) is 0 Å². The van der Waals surface area contributed by atoms with Crippen LogP contribution in [0.15, 0.2) is 12.7 Å². The fourth-order valence-corrected chi connectivity index (χ4v) is 3.29. The number of allylic oxidation sites excluding steroid dienone is 1. The second kappa shape index (κ2) is 7.36. The van der Waals surface area contributed by atoms with Crippen molar-refractivity contribution in [2.24, 2.45) is 5.92 Å². The van der Waals surface area contributed by atoms with Crippen LogP contribution in [0.1, 0.15) is 32.1 Å². The van der Waals surface area contributed by atoms with E-state index in [1.54, 1.807) is 0 Å². The minimum Gasteiger partial charge on any atom is -0.317 e. The van der Waals surface area contributed by atoms with Crippen molar-refractivity contribution in [2.45, 2.75) is 38.1 Å². The molecule has 82 valence electrons. The molecule has 1 N–H and O–H groups in total. The molecule has 0 aromatic carbocycles. The molecule has 0 aromatic heterocycles. The van der Waals surface area contributed by atoms with Gasteiger partial charge in [0.1, 0.15) is 0 Å². The molecule has 1 heterocycles. The van der Waals surface area contributed by atoms with Gasteiger partial charge in [-0.1, -0.05) is 6.08 Å². The van der Waals surface area contributed by atoms with E-state index in [-0.39, 0.29) is 0 Å². The third-order valence-electron chi connectivity index (χ3n) is 3.09. The highest BCUT2D eigenvalue weighted by Crippen LogP contribution is 2.27. The average Bonchev–Trinajstić information content (AvgIpc) is 2.25. The number of hydrogen-bond acceptors (Lipinski definition) is 2. The van der Waals surface area contributed by atoms with Crippen molar-refractivity contribution in [3.63, 3.8) is 0 Å². The zero-order chi connectivity index (χ0) is 10.2. The molecule has 1 aliphatic heterocycles. The predicted octanol–water partition coefficient (Wildman–Crippen LogP) is 3.07. The first-order valence-electron chi connectivity index (χ1n) is 5.72. The quantitative estimate of drug-likeness (QED) is 0.681. The monoisotopic (exact) mass is 213 g/mol. The summed E-state index contributed by atoms with van der Waals surface area (Å²) in [5.41, 5.74) is 0. The number of thioether (sulfide) groups is 1. The molecule has 1 fully saturated rings. The Morgan fingerprint density at radius 3 is 2.79 bits per heavy atom. The topological polar surface area (TPSA) is 12.0 Å². The van der Waals surface area contributed by atoms with E-state index in [2.05, 4.69) is 30.7 Å². The molecule has 0 amide bonds. The Kier molecular flexibility index (Phi) is 6.37. The van der Waals surface area contributed by atoms with Crippen LogP contribution in [0.25, 0.3) is 0 Å². The highest BCUT2D eigenvalue weighted by molar-refractivity contribution is 7.99. The van der Waals surface area contributed by atoms with Gasteiger partial charge in [-0.3, -0.25) is 0 Å². The lowest BCUT2D eigenvalue weighted by Crippen LogP contribution is -2.29. The van der Waals surface area contributed by atoms with Crippen molar-refractivity contribution in [2.75, 3.05) is 18.6 Å². The van der Waals surface area contributed by atoms with Crippen LogP contribution in [0.2, 0.25) is 0 Å². The van der Waals surface area contributed by atoms with E-state index >= 15 is 0 Å². The molecule has 1 rings (SSSR count). The minimum absolute atomic E-state index is 0.709. The van der Waals surface area contributed by atoms with Gasteiger partial charge in [-0.05, 0) is 56.6 Å². The van der Waals surface area contributed by atoms with E-state index in [0.29, 0.717) is 6.04 Å². The third kappa shape index (κ3) is 4.52. The van der Waals surface area contributed by atoms with Crippen molar-refractivity contribution in [1.82, 2.24) is 5.32 Å². The maximum absolute atomic E-state index is 3.78. The second-order valence-corrected chi connectivity index (χ2v) is 5.37. The smallest absolute Gasteiger partial charge is 0.00696 e. The molecule has 0 radical (unpaired) electrons. The summed E-state index contributed by atoms with van der Waals surface area (Å²) in [5.74, 6) is 3.73. The predicted molar refractivity (Wildman–Crippen MR) is 66.9 cm³/mol. The van der Waals surface area contributed by atoms with E-state index in [4.69, 9.17) is 0 Å². The van der Waals surface area contributed by atoms with Crippen molar-refractivity contribution in [3.8, 4) is 0 Å². The van der Waals surface area contributed by atoms with Crippen LogP contribution in [-0.2, 0) is 0 Å². The van der Waals surface area contributed by atoms with Crippen LogP contribution >= 0.6 is 11.8 Å². The van der Waals surface area contributed by atoms with Crippen LogP contribution in [0.4, 0.5) is 0 Å². The summed E-state index contributed by atoms with van der Waals surface area (Å²) in [6.07, 6.45) is 8.65. The van der Waals surface area contributed by atoms with Gasteiger partial charge in [-0.25, -0.2) is 0 Å². The van der Waals surface area contributed by atoms with Crippen LogP contribution in [-0.4, -0.2) is 24.6 Å². The van der Waals surface area contributed by atoms with Crippen LogP contribution < -0.4 is 5.32 Å². The molecule has 1 saturated heterocycles. The van der Waals surface area contributed by atoms with E-state index in [1.165, 1.54) is 37.2 Å². The lowest BCUT2D eigenvalue weighted by Gasteiger charge is -2.25. The summed E-state index contributed by atoms with van der Waals surface area (Å²) in [6, 6.07) is 0.709. The molecule has 1 atom stereocenters. The molecule has 1 unspecified atom stereocenters. The van der Waals surface area contributed by atoms with Gasteiger partial charge in [-0.15, -0.1) is 6.58 Å². The summed E-state index contributed by atoms with van der Waals surface area (Å²) in [5, 5.41) is 3.43. The fourth-order valence-electron chi connectivity index (χ4n) is 2.08. The Labute approximate surface area is 92.7 Å². The molecule has 0 spiro atoms. The van der Waals surface area contributed by atoms with Gasteiger partial charge < -0.3 is 5.32 Å². The summed E-state index contributed by atoms with van der Waals surface area (Å²) in [6.45, 7) is 3.78. The molecule has 2 heteroatoms. The maximum Gasteiger partial charge on any atom is 0.00696 e. The summed E-state index contributed by atoms with van der Waals surface area (Å²) in [4.78, 5) is 0. The maximum atomic E-state index is 3.78. The van der Waals surface area contributed by atoms with Gasteiger partial charge in [0.05, 0.1) is 0 Å². The standard InChI is InChI=1S/C12H23NS/c1-3-4-5-12(13-2)10-11-6-8-14-9-7-11/h3,11-13H,1,4-10H2,2H3. The van der Waals surface area contributed by atoms with Crippen molar-refractivity contribution < 1.29 is 0 Å². The van der Waals surface area contributed by atoms with Crippen molar-refractivity contribution in [1.29, 1.82) is 0 Å².